The predicted molar refractivity (Wildman–Crippen MR) is 153 cm³/mol. The smallest absolute Gasteiger partial charge is 0.255 e. The highest BCUT2D eigenvalue weighted by Gasteiger charge is 2.35. The van der Waals surface area contributed by atoms with E-state index < -0.39 is 5.82 Å². The van der Waals surface area contributed by atoms with E-state index in [9.17, 15) is 18.8 Å². The number of halogens is 1. The predicted octanol–water partition coefficient (Wildman–Crippen LogP) is 4.98. The Morgan fingerprint density at radius 2 is 1.57 bits per heavy atom. The normalized spacial score (nSPS) is 23.9. The molecule has 8 heteroatoms. The summed E-state index contributed by atoms with van der Waals surface area (Å²) in [5, 5.41) is 3.02. The van der Waals surface area contributed by atoms with Gasteiger partial charge in [0.25, 0.3) is 17.4 Å². The van der Waals surface area contributed by atoms with Crippen molar-refractivity contribution in [1.29, 1.82) is 0 Å². The van der Waals surface area contributed by atoms with Crippen LogP contribution in [0.1, 0.15) is 59.0 Å². The molecule has 2 fully saturated rings. The highest BCUT2D eigenvalue weighted by Crippen LogP contribution is 2.39. The van der Waals surface area contributed by atoms with Crippen molar-refractivity contribution >= 4 is 23.2 Å². The summed E-state index contributed by atoms with van der Waals surface area (Å²) in [6.07, 6.45) is 2.12. The van der Waals surface area contributed by atoms with Crippen LogP contribution in [0.2, 0.25) is 0 Å². The molecule has 2 saturated heterocycles. The number of carbonyl (C=O) groups is 2. The Kier molecular flexibility index (Phi) is 6.94. The van der Waals surface area contributed by atoms with Crippen molar-refractivity contribution in [3.63, 3.8) is 0 Å². The number of aromatic nitrogens is 1. The van der Waals surface area contributed by atoms with Crippen molar-refractivity contribution in [1.82, 2.24) is 9.47 Å². The van der Waals surface area contributed by atoms with Crippen LogP contribution in [0.25, 0.3) is 0 Å². The first-order chi connectivity index (χ1) is 19.2. The second-order valence-electron chi connectivity index (χ2n) is 12.0. The second kappa shape index (κ2) is 10.6. The minimum Gasteiger partial charge on any atom is -0.369 e. The van der Waals surface area contributed by atoms with Gasteiger partial charge in [0.1, 0.15) is 5.82 Å². The monoisotopic (exact) mass is 542 g/mol. The molecule has 1 aromatic heterocycles. The maximum Gasteiger partial charge on any atom is 0.255 e. The lowest BCUT2D eigenvalue weighted by atomic mass is 9.83. The van der Waals surface area contributed by atoms with E-state index in [0.29, 0.717) is 47.7 Å². The fourth-order valence-corrected chi connectivity index (χ4v) is 6.95. The first-order valence-corrected chi connectivity index (χ1v) is 14.2. The van der Waals surface area contributed by atoms with Gasteiger partial charge in [-0.1, -0.05) is 19.9 Å². The van der Waals surface area contributed by atoms with Crippen LogP contribution in [0.4, 0.5) is 15.8 Å². The Morgan fingerprint density at radius 1 is 0.850 bits per heavy atom. The van der Waals surface area contributed by atoms with E-state index in [1.54, 1.807) is 12.1 Å². The molecule has 2 aromatic carbocycles. The third-order valence-corrected chi connectivity index (χ3v) is 8.57. The van der Waals surface area contributed by atoms with E-state index in [4.69, 9.17) is 0 Å². The van der Waals surface area contributed by atoms with Gasteiger partial charge in [-0.2, -0.15) is 0 Å². The number of nitrogens with zero attached hydrogens (tertiary/aromatic N) is 3. The summed E-state index contributed by atoms with van der Waals surface area (Å²) in [4.78, 5) is 43.5. The SMILES string of the molecule is C[C@H]1C[C@H](C)CN(C(=O)c2ccc(N3C[C@H]4C[C@@H](C3)c3cccc(=O)n3C4)c(NC(=O)c3ccc(F)cc3)c2)C1. The van der Waals surface area contributed by atoms with E-state index in [-0.39, 0.29) is 23.3 Å². The molecule has 3 aliphatic heterocycles. The Labute approximate surface area is 233 Å². The summed E-state index contributed by atoms with van der Waals surface area (Å²) in [5.41, 5.74) is 3.36. The molecule has 4 heterocycles. The number of likely N-dealkylation sites (tertiary alicyclic amines) is 1. The maximum absolute atomic E-state index is 13.6. The number of nitrogens with one attached hydrogen (secondary N) is 1. The molecule has 0 aliphatic carbocycles. The summed E-state index contributed by atoms with van der Waals surface area (Å²) >= 11 is 0. The highest BCUT2D eigenvalue weighted by atomic mass is 19.1. The Hall–Kier alpha value is -3.94. The van der Waals surface area contributed by atoms with Gasteiger partial charge in [0.15, 0.2) is 0 Å². The number of pyridine rings is 1. The summed E-state index contributed by atoms with van der Waals surface area (Å²) < 4.78 is 15.4. The van der Waals surface area contributed by atoms with Crippen molar-refractivity contribution < 1.29 is 14.0 Å². The van der Waals surface area contributed by atoms with Gasteiger partial charge in [0.05, 0.1) is 11.4 Å². The van der Waals surface area contributed by atoms with Gasteiger partial charge in [0, 0.05) is 61.5 Å². The Morgan fingerprint density at radius 3 is 2.33 bits per heavy atom. The molecule has 3 aromatic rings. The van der Waals surface area contributed by atoms with Crippen LogP contribution in [0.5, 0.6) is 0 Å². The molecule has 2 bridgehead atoms. The molecule has 208 valence electrons. The molecule has 4 atom stereocenters. The van der Waals surface area contributed by atoms with E-state index in [2.05, 4.69) is 24.1 Å². The maximum atomic E-state index is 13.6. The number of benzene rings is 2. The quantitative estimate of drug-likeness (QED) is 0.505. The van der Waals surface area contributed by atoms with Crippen LogP contribution >= 0.6 is 0 Å². The first kappa shape index (κ1) is 26.3. The number of piperidine rings is 2. The summed E-state index contributed by atoms with van der Waals surface area (Å²) in [6, 6.07) is 16.5. The molecule has 1 N–H and O–H groups in total. The van der Waals surface area contributed by atoms with Gasteiger partial charge >= 0.3 is 0 Å². The Bertz CT molecular complexity index is 1490. The van der Waals surface area contributed by atoms with E-state index in [1.807, 2.05) is 33.7 Å². The molecular formula is C32H35FN4O3. The topological polar surface area (TPSA) is 74.7 Å². The van der Waals surface area contributed by atoms with Crippen LogP contribution in [-0.2, 0) is 6.54 Å². The number of hydrogen-bond donors (Lipinski definition) is 1. The number of fused-ring (bicyclic) bond motifs is 4. The Balaban J connectivity index is 1.33. The summed E-state index contributed by atoms with van der Waals surface area (Å²) in [7, 11) is 0. The van der Waals surface area contributed by atoms with E-state index in [0.717, 1.165) is 43.9 Å². The molecule has 2 amide bonds. The van der Waals surface area contributed by atoms with Crippen molar-refractivity contribution in [2.24, 2.45) is 17.8 Å². The largest absolute Gasteiger partial charge is 0.369 e. The molecule has 6 rings (SSSR count). The molecule has 40 heavy (non-hydrogen) atoms. The minimum absolute atomic E-state index is 0.0361. The second-order valence-corrected chi connectivity index (χ2v) is 12.0. The zero-order chi connectivity index (χ0) is 28.0. The minimum atomic E-state index is -0.408. The van der Waals surface area contributed by atoms with E-state index in [1.165, 1.54) is 24.3 Å². The standard InChI is InChI=1S/C32H35FN4O3/c1-20-12-21(2)16-36(15-20)32(40)24-8-11-29(27(14-24)34-31(39)23-6-9-26(33)10-7-23)35-17-22-13-25(19-35)28-4-3-5-30(38)37(28)18-22/h3-11,14,20-22,25H,12-13,15-19H2,1-2H3,(H,34,39)/t20-,21-,22+,25-/m0/s1. The number of hydrogen-bond acceptors (Lipinski definition) is 4. The lowest BCUT2D eigenvalue weighted by Gasteiger charge is -2.44. The molecule has 0 saturated carbocycles. The lowest BCUT2D eigenvalue weighted by Crippen LogP contribution is -2.47. The van der Waals surface area contributed by atoms with Gasteiger partial charge < -0.3 is 19.7 Å². The number of anilines is 2. The van der Waals surface area contributed by atoms with Gasteiger partial charge in [-0.25, -0.2) is 4.39 Å². The number of rotatable bonds is 4. The zero-order valence-electron chi connectivity index (χ0n) is 23.0. The van der Waals surface area contributed by atoms with Crippen molar-refractivity contribution in [2.45, 2.75) is 39.2 Å². The van der Waals surface area contributed by atoms with Crippen molar-refractivity contribution in [3.05, 3.63) is 93.7 Å². The molecule has 0 radical (unpaired) electrons. The van der Waals surface area contributed by atoms with E-state index >= 15 is 0 Å². The third-order valence-electron chi connectivity index (χ3n) is 8.57. The first-order valence-electron chi connectivity index (χ1n) is 14.2. The summed E-state index contributed by atoms with van der Waals surface area (Å²) in [5.74, 6) is 0.560. The lowest BCUT2D eigenvalue weighted by molar-refractivity contribution is 0.0623. The third kappa shape index (κ3) is 5.15. The highest BCUT2D eigenvalue weighted by molar-refractivity contribution is 6.07. The van der Waals surface area contributed by atoms with Gasteiger partial charge in [-0.15, -0.1) is 0 Å². The summed E-state index contributed by atoms with van der Waals surface area (Å²) in [6.45, 7) is 7.90. The van der Waals surface area contributed by atoms with Crippen LogP contribution < -0.4 is 15.8 Å². The van der Waals surface area contributed by atoms with Crippen LogP contribution in [0, 0.1) is 23.6 Å². The number of amides is 2. The average Bonchev–Trinajstić information content (AvgIpc) is 2.93. The fraction of sp³-hybridized carbons (Fsp3) is 0.406. The molecule has 0 unspecified atom stereocenters. The molecular weight excluding hydrogens is 507 g/mol. The van der Waals surface area contributed by atoms with Gasteiger partial charge in [-0.05, 0) is 79.1 Å². The molecule has 0 spiro atoms. The average molecular weight is 543 g/mol. The zero-order valence-corrected chi connectivity index (χ0v) is 23.0. The van der Waals surface area contributed by atoms with Crippen molar-refractivity contribution in [3.8, 4) is 0 Å². The van der Waals surface area contributed by atoms with Gasteiger partial charge in [0.2, 0.25) is 0 Å². The fourth-order valence-electron chi connectivity index (χ4n) is 6.95. The molecule has 7 nitrogen and oxygen atoms in total. The van der Waals surface area contributed by atoms with Crippen LogP contribution in [-0.4, -0.2) is 47.5 Å². The van der Waals surface area contributed by atoms with Gasteiger partial charge in [-0.3, -0.25) is 14.4 Å². The number of carbonyl (C=O) groups excluding carboxylic acids is 2. The molecule has 3 aliphatic rings. The van der Waals surface area contributed by atoms with Crippen LogP contribution in [0.3, 0.4) is 0 Å². The van der Waals surface area contributed by atoms with Crippen molar-refractivity contribution in [2.75, 3.05) is 36.4 Å². The van der Waals surface area contributed by atoms with Crippen LogP contribution in [0.15, 0.2) is 65.5 Å².